The molecule has 2 heterocycles. The molecule has 1 fully saturated rings. The minimum absolute atomic E-state index is 0.537. The fourth-order valence-electron chi connectivity index (χ4n) is 8.17. The summed E-state index contributed by atoms with van der Waals surface area (Å²) in [6.45, 7) is 4.71. The lowest BCUT2D eigenvalue weighted by Crippen LogP contribution is -2.34. The van der Waals surface area contributed by atoms with E-state index in [1.54, 1.807) is 16.7 Å². The van der Waals surface area contributed by atoms with Gasteiger partial charge in [0.05, 0.1) is 0 Å². The summed E-state index contributed by atoms with van der Waals surface area (Å²) in [5, 5.41) is 0. The van der Waals surface area contributed by atoms with Gasteiger partial charge in [-0.15, -0.1) is 0 Å². The maximum absolute atomic E-state index is 2.64. The Labute approximate surface area is 234 Å². The van der Waals surface area contributed by atoms with Crippen molar-refractivity contribution in [3.8, 4) is 0 Å². The number of benzene rings is 4. The first kappa shape index (κ1) is 24.5. The summed E-state index contributed by atoms with van der Waals surface area (Å²) < 4.78 is 0. The number of nitrogens with zero attached hydrogens (tertiary/aromatic N) is 2. The van der Waals surface area contributed by atoms with Crippen LogP contribution in [0.25, 0.3) is 0 Å². The van der Waals surface area contributed by atoms with Crippen molar-refractivity contribution >= 4 is 22.7 Å². The zero-order chi connectivity index (χ0) is 26.3. The van der Waals surface area contributed by atoms with Gasteiger partial charge in [-0.2, -0.15) is 0 Å². The molecule has 0 N–H and O–H groups in total. The average Bonchev–Trinajstić information content (AvgIpc) is 3.50. The van der Waals surface area contributed by atoms with Crippen molar-refractivity contribution in [3.63, 3.8) is 0 Å². The van der Waals surface area contributed by atoms with Crippen LogP contribution < -0.4 is 9.80 Å². The summed E-state index contributed by atoms with van der Waals surface area (Å²) >= 11 is 0. The zero-order valence-corrected chi connectivity index (χ0v) is 23.3. The highest BCUT2D eigenvalue weighted by Crippen LogP contribution is 2.55. The summed E-state index contributed by atoms with van der Waals surface area (Å²) in [6.07, 6.45) is 7.39. The van der Waals surface area contributed by atoms with Gasteiger partial charge in [-0.3, -0.25) is 0 Å². The maximum atomic E-state index is 2.64. The first-order valence-electron chi connectivity index (χ1n) is 15.2. The van der Waals surface area contributed by atoms with Crippen molar-refractivity contribution in [2.45, 2.75) is 82.2 Å². The zero-order valence-electron chi connectivity index (χ0n) is 23.3. The molecule has 4 aromatic carbocycles. The van der Waals surface area contributed by atoms with Crippen LogP contribution >= 0.6 is 0 Å². The number of hydrogen-bond donors (Lipinski definition) is 0. The summed E-state index contributed by atoms with van der Waals surface area (Å²) in [4.78, 5) is 5.28. The van der Waals surface area contributed by atoms with Crippen molar-refractivity contribution in [1.82, 2.24) is 0 Å². The Morgan fingerprint density at radius 2 is 1.33 bits per heavy atom. The largest absolute Gasteiger partial charge is 0.338 e. The van der Waals surface area contributed by atoms with E-state index in [2.05, 4.69) is 127 Å². The monoisotopic (exact) mass is 512 g/mol. The average molecular weight is 513 g/mol. The van der Waals surface area contributed by atoms with Gasteiger partial charge in [-0.25, -0.2) is 0 Å². The van der Waals surface area contributed by atoms with Crippen LogP contribution in [0, 0.1) is 0 Å². The van der Waals surface area contributed by atoms with Crippen molar-refractivity contribution in [2.75, 3.05) is 9.80 Å². The highest BCUT2D eigenvalue weighted by molar-refractivity contribution is 5.74. The molecule has 0 bridgehead atoms. The Balaban J connectivity index is 1.22. The lowest BCUT2D eigenvalue weighted by molar-refractivity contribution is 0.361. The van der Waals surface area contributed by atoms with Crippen LogP contribution in [0.1, 0.15) is 86.8 Å². The highest BCUT2D eigenvalue weighted by atomic mass is 15.2. The number of hydrogen-bond acceptors (Lipinski definition) is 2. The fourth-order valence-corrected chi connectivity index (χ4v) is 8.17. The quantitative estimate of drug-likeness (QED) is 0.253. The smallest absolute Gasteiger partial charge is 0.0449 e. The number of para-hydroxylation sites is 3. The van der Waals surface area contributed by atoms with E-state index in [1.165, 1.54) is 61.3 Å². The van der Waals surface area contributed by atoms with Crippen LogP contribution in [0.3, 0.4) is 0 Å². The minimum atomic E-state index is 0.537. The van der Waals surface area contributed by atoms with Gasteiger partial charge in [0.1, 0.15) is 0 Å². The van der Waals surface area contributed by atoms with Crippen LogP contribution in [0.4, 0.5) is 22.7 Å². The van der Waals surface area contributed by atoms with Crippen molar-refractivity contribution < 1.29 is 0 Å². The van der Waals surface area contributed by atoms with E-state index in [0.29, 0.717) is 29.8 Å². The molecular weight excluding hydrogens is 472 g/mol. The molecular formula is C37H40N2. The normalized spacial score (nSPS) is 25.3. The molecule has 1 saturated carbocycles. The van der Waals surface area contributed by atoms with Crippen LogP contribution in [-0.4, -0.2) is 12.1 Å². The molecule has 1 aliphatic carbocycles. The molecule has 0 amide bonds. The molecule has 0 saturated heterocycles. The summed E-state index contributed by atoms with van der Waals surface area (Å²) in [6, 6.07) is 39.9. The van der Waals surface area contributed by atoms with Crippen molar-refractivity contribution in [1.29, 1.82) is 0 Å². The van der Waals surface area contributed by atoms with Crippen LogP contribution in [0.2, 0.25) is 0 Å². The molecule has 7 rings (SSSR count). The molecule has 0 aromatic heterocycles. The minimum Gasteiger partial charge on any atom is -0.338 e. The van der Waals surface area contributed by atoms with Crippen LogP contribution in [-0.2, 0) is 0 Å². The Morgan fingerprint density at radius 3 is 2.05 bits per heavy atom. The molecule has 3 aliphatic rings. The van der Waals surface area contributed by atoms with Gasteiger partial charge in [0.15, 0.2) is 0 Å². The van der Waals surface area contributed by atoms with Crippen molar-refractivity contribution in [2.24, 2.45) is 0 Å². The molecule has 0 radical (unpaired) electrons. The Kier molecular flexibility index (Phi) is 6.43. The maximum Gasteiger partial charge on any atom is 0.0449 e. The second-order valence-electron chi connectivity index (χ2n) is 11.8. The van der Waals surface area contributed by atoms with Gasteiger partial charge in [0, 0.05) is 46.7 Å². The lowest BCUT2D eigenvalue weighted by Gasteiger charge is -2.37. The van der Waals surface area contributed by atoms with Gasteiger partial charge in [0.2, 0.25) is 0 Å². The SMILES string of the molecule is CCCC1c2cc(C3CCC4C(C3)c3ccccc3N4c3ccccc3)ccc2N(c2ccccc2)C1CC. The topological polar surface area (TPSA) is 6.48 Å². The highest BCUT2D eigenvalue weighted by Gasteiger charge is 2.44. The fraction of sp³-hybridized carbons (Fsp3) is 0.351. The molecule has 39 heavy (non-hydrogen) atoms. The molecule has 5 unspecified atom stereocenters. The molecule has 2 nitrogen and oxygen atoms in total. The second-order valence-corrected chi connectivity index (χ2v) is 11.8. The van der Waals surface area contributed by atoms with Crippen molar-refractivity contribution in [3.05, 3.63) is 120 Å². The van der Waals surface area contributed by atoms with Crippen LogP contribution in [0.5, 0.6) is 0 Å². The third kappa shape index (κ3) is 4.07. The van der Waals surface area contributed by atoms with Gasteiger partial charge in [-0.05, 0) is 91.1 Å². The molecule has 5 atom stereocenters. The van der Waals surface area contributed by atoms with E-state index in [9.17, 15) is 0 Å². The third-order valence-electron chi connectivity index (χ3n) is 9.81. The number of anilines is 4. The summed E-state index contributed by atoms with van der Waals surface area (Å²) in [5.41, 5.74) is 10.2. The van der Waals surface area contributed by atoms with E-state index < -0.39 is 0 Å². The number of fused-ring (bicyclic) bond motifs is 4. The Bertz CT molecular complexity index is 1430. The van der Waals surface area contributed by atoms with Gasteiger partial charge >= 0.3 is 0 Å². The Hall–Kier alpha value is -3.52. The molecule has 2 heteroatoms. The van der Waals surface area contributed by atoms with Crippen LogP contribution in [0.15, 0.2) is 103 Å². The van der Waals surface area contributed by atoms with Gasteiger partial charge in [0.25, 0.3) is 0 Å². The first-order chi connectivity index (χ1) is 19.3. The molecule has 198 valence electrons. The summed E-state index contributed by atoms with van der Waals surface area (Å²) in [5.74, 6) is 1.81. The van der Waals surface area contributed by atoms with E-state index >= 15 is 0 Å². The predicted molar refractivity (Wildman–Crippen MR) is 165 cm³/mol. The molecule has 0 spiro atoms. The first-order valence-corrected chi connectivity index (χ1v) is 15.2. The second kappa shape index (κ2) is 10.2. The third-order valence-corrected chi connectivity index (χ3v) is 9.81. The number of rotatable bonds is 6. The summed E-state index contributed by atoms with van der Waals surface area (Å²) in [7, 11) is 0. The van der Waals surface area contributed by atoms with Gasteiger partial charge < -0.3 is 9.80 Å². The molecule has 4 aromatic rings. The predicted octanol–water partition coefficient (Wildman–Crippen LogP) is 10.1. The standard InChI is InChI=1S/C37H40N2/c1-3-13-30-32-24-26(20-22-36(32)38(34(30)4-2)28-14-7-5-8-15-28)27-21-23-37-33(25-27)31-18-11-12-19-35(31)39(37)29-16-9-6-10-17-29/h5-12,14-20,22,24,27,30,33-34,37H,3-4,13,21,23,25H2,1-2H3. The molecule has 2 aliphatic heterocycles. The Morgan fingerprint density at radius 1 is 0.667 bits per heavy atom. The van der Waals surface area contributed by atoms with E-state index in [4.69, 9.17) is 0 Å². The van der Waals surface area contributed by atoms with E-state index in [0.717, 1.165) is 0 Å². The van der Waals surface area contributed by atoms with E-state index in [1.807, 2.05) is 0 Å². The van der Waals surface area contributed by atoms with E-state index in [-0.39, 0.29) is 0 Å². The van der Waals surface area contributed by atoms with Gasteiger partial charge in [-0.1, -0.05) is 87.0 Å². The lowest BCUT2D eigenvalue weighted by atomic mass is 9.73.